The molecule has 2 nitrogen and oxygen atoms in total. The molecular formula is C20H26ClNO. The number of nitrogens with zero attached hydrogens (tertiary/aromatic N) is 1. The van der Waals surface area contributed by atoms with Crippen LogP contribution in [0.2, 0.25) is 0 Å². The number of hydrogen-bond acceptors (Lipinski definition) is 2. The van der Waals surface area contributed by atoms with E-state index in [-0.39, 0.29) is 18.5 Å². The van der Waals surface area contributed by atoms with Crippen molar-refractivity contribution in [3.05, 3.63) is 71.8 Å². The van der Waals surface area contributed by atoms with Crippen LogP contribution in [-0.4, -0.2) is 29.2 Å². The molecule has 1 unspecified atom stereocenters. The van der Waals surface area contributed by atoms with Crippen molar-refractivity contribution in [2.24, 2.45) is 5.92 Å². The lowest BCUT2D eigenvalue weighted by Crippen LogP contribution is -2.38. The Labute approximate surface area is 145 Å². The minimum absolute atomic E-state index is 0. The summed E-state index contributed by atoms with van der Waals surface area (Å²) in [6.07, 6.45) is 2.77. The second kappa shape index (κ2) is 9.07. The van der Waals surface area contributed by atoms with Crippen LogP contribution in [0.5, 0.6) is 0 Å². The summed E-state index contributed by atoms with van der Waals surface area (Å²) in [5.74, 6) is 0.437. The van der Waals surface area contributed by atoms with Gasteiger partial charge in [-0.25, -0.2) is 0 Å². The summed E-state index contributed by atoms with van der Waals surface area (Å²) in [6.45, 7) is 3.21. The third kappa shape index (κ3) is 5.35. The molecule has 1 saturated heterocycles. The number of piperidine rings is 1. The van der Waals surface area contributed by atoms with Crippen molar-refractivity contribution in [1.29, 1.82) is 0 Å². The maximum absolute atomic E-state index is 10.5. The maximum Gasteiger partial charge on any atom is 0.0609 e. The number of rotatable bonds is 5. The molecule has 0 saturated carbocycles. The lowest BCUT2D eigenvalue weighted by molar-refractivity contribution is 0.0576. The zero-order chi connectivity index (χ0) is 15.2. The van der Waals surface area contributed by atoms with Crippen molar-refractivity contribution in [2.75, 3.05) is 13.1 Å². The Morgan fingerprint density at radius 2 is 1.39 bits per heavy atom. The van der Waals surface area contributed by atoms with Crippen molar-refractivity contribution in [3.8, 4) is 0 Å². The van der Waals surface area contributed by atoms with Crippen molar-refractivity contribution in [2.45, 2.75) is 31.9 Å². The van der Waals surface area contributed by atoms with Gasteiger partial charge in [-0.2, -0.15) is 0 Å². The van der Waals surface area contributed by atoms with Gasteiger partial charge < -0.3 is 5.11 Å². The average molecular weight is 332 g/mol. The van der Waals surface area contributed by atoms with E-state index in [4.69, 9.17) is 0 Å². The fraction of sp³-hybridized carbons (Fsp3) is 0.400. The lowest BCUT2D eigenvalue weighted by atomic mass is 9.88. The molecule has 124 valence electrons. The van der Waals surface area contributed by atoms with Gasteiger partial charge >= 0.3 is 0 Å². The molecule has 1 atom stereocenters. The summed E-state index contributed by atoms with van der Waals surface area (Å²) < 4.78 is 0. The van der Waals surface area contributed by atoms with Crippen LogP contribution in [-0.2, 0) is 13.0 Å². The molecule has 1 heterocycles. The molecule has 2 aromatic carbocycles. The van der Waals surface area contributed by atoms with Crippen LogP contribution in [0.15, 0.2) is 60.7 Å². The molecule has 0 aliphatic carbocycles. The molecule has 0 radical (unpaired) electrons. The number of aliphatic hydroxyl groups excluding tert-OH is 1. The Hall–Kier alpha value is -1.35. The van der Waals surface area contributed by atoms with Gasteiger partial charge in [-0.05, 0) is 49.4 Å². The van der Waals surface area contributed by atoms with E-state index >= 15 is 0 Å². The molecule has 0 spiro atoms. The minimum atomic E-state index is -0.207. The smallest absolute Gasteiger partial charge is 0.0609 e. The highest BCUT2D eigenvalue weighted by molar-refractivity contribution is 5.85. The molecule has 1 N–H and O–H groups in total. The summed E-state index contributed by atoms with van der Waals surface area (Å²) in [7, 11) is 0. The molecule has 3 rings (SSSR count). The van der Waals surface area contributed by atoms with Crippen LogP contribution in [0.1, 0.15) is 24.0 Å². The average Bonchev–Trinajstić information content (AvgIpc) is 2.57. The molecule has 3 heteroatoms. The van der Waals surface area contributed by atoms with Crippen LogP contribution in [0, 0.1) is 5.92 Å². The van der Waals surface area contributed by atoms with E-state index < -0.39 is 0 Å². The van der Waals surface area contributed by atoms with Gasteiger partial charge in [-0.1, -0.05) is 60.7 Å². The van der Waals surface area contributed by atoms with Crippen molar-refractivity contribution in [1.82, 2.24) is 4.90 Å². The van der Waals surface area contributed by atoms with E-state index in [1.165, 1.54) is 11.1 Å². The van der Waals surface area contributed by atoms with Crippen molar-refractivity contribution in [3.63, 3.8) is 0 Å². The Bertz CT molecular complexity index is 552. The number of halogens is 1. The highest BCUT2D eigenvalue weighted by Gasteiger charge is 2.25. The zero-order valence-corrected chi connectivity index (χ0v) is 14.3. The SMILES string of the molecule is Cl.OC(Cc1ccccc1)C1CCN(Cc2ccccc2)CC1. The van der Waals surface area contributed by atoms with Crippen LogP contribution < -0.4 is 0 Å². The second-order valence-corrected chi connectivity index (χ2v) is 6.36. The number of aliphatic hydroxyl groups is 1. The molecule has 1 aliphatic rings. The molecule has 1 fully saturated rings. The molecular weight excluding hydrogens is 306 g/mol. The van der Waals surface area contributed by atoms with E-state index in [0.717, 1.165) is 38.9 Å². The summed E-state index contributed by atoms with van der Waals surface area (Å²) in [4.78, 5) is 2.50. The molecule has 2 aromatic rings. The Morgan fingerprint density at radius 3 is 1.96 bits per heavy atom. The predicted octanol–water partition coefficient (Wildman–Crippen LogP) is 3.92. The Balaban J connectivity index is 0.00000192. The van der Waals surface area contributed by atoms with E-state index in [2.05, 4.69) is 47.4 Å². The first-order valence-electron chi connectivity index (χ1n) is 8.29. The third-order valence-corrected chi connectivity index (χ3v) is 4.71. The van der Waals surface area contributed by atoms with E-state index in [1.807, 2.05) is 18.2 Å². The summed E-state index contributed by atoms with van der Waals surface area (Å²) in [5, 5.41) is 10.5. The number of benzene rings is 2. The van der Waals surface area contributed by atoms with Gasteiger partial charge in [0.05, 0.1) is 6.10 Å². The molecule has 0 bridgehead atoms. The third-order valence-electron chi connectivity index (χ3n) is 4.71. The predicted molar refractivity (Wildman–Crippen MR) is 97.8 cm³/mol. The summed E-state index contributed by atoms with van der Waals surface area (Å²) in [6, 6.07) is 21.0. The molecule has 0 aromatic heterocycles. The first-order valence-corrected chi connectivity index (χ1v) is 8.29. The fourth-order valence-corrected chi connectivity index (χ4v) is 3.36. The maximum atomic E-state index is 10.5. The van der Waals surface area contributed by atoms with Crippen LogP contribution in [0.25, 0.3) is 0 Å². The second-order valence-electron chi connectivity index (χ2n) is 6.36. The standard InChI is InChI=1S/C20H25NO.ClH/c22-20(15-17-7-3-1-4-8-17)19-11-13-21(14-12-19)16-18-9-5-2-6-10-18;/h1-10,19-20,22H,11-16H2;1H. The van der Waals surface area contributed by atoms with Crippen LogP contribution in [0.4, 0.5) is 0 Å². The Kier molecular flexibility index (Phi) is 7.10. The van der Waals surface area contributed by atoms with Crippen molar-refractivity contribution < 1.29 is 5.11 Å². The van der Waals surface area contributed by atoms with Gasteiger partial charge in [-0.15, -0.1) is 12.4 Å². The number of hydrogen-bond donors (Lipinski definition) is 1. The quantitative estimate of drug-likeness (QED) is 0.897. The highest BCUT2D eigenvalue weighted by atomic mass is 35.5. The lowest BCUT2D eigenvalue weighted by Gasteiger charge is -2.34. The van der Waals surface area contributed by atoms with E-state index in [1.54, 1.807) is 0 Å². The Morgan fingerprint density at radius 1 is 0.870 bits per heavy atom. The van der Waals surface area contributed by atoms with Gasteiger partial charge in [0.25, 0.3) is 0 Å². The zero-order valence-electron chi connectivity index (χ0n) is 13.5. The monoisotopic (exact) mass is 331 g/mol. The summed E-state index contributed by atoms with van der Waals surface area (Å²) in [5.41, 5.74) is 2.62. The largest absolute Gasteiger partial charge is 0.392 e. The molecule has 23 heavy (non-hydrogen) atoms. The van der Waals surface area contributed by atoms with E-state index in [9.17, 15) is 5.11 Å². The van der Waals surface area contributed by atoms with Gasteiger partial charge in [0.1, 0.15) is 0 Å². The van der Waals surface area contributed by atoms with Gasteiger partial charge in [0, 0.05) is 6.54 Å². The van der Waals surface area contributed by atoms with Crippen LogP contribution in [0.3, 0.4) is 0 Å². The normalized spacial score (nSPS) is 17.4. The number of likely N-dealkylation sites (tertiary alicyclic amines) is 1. The van der Waals surface area contributed by atoms with Gasteiger partial charge in [0.15, 0.2) is 0 Å². The highest BCUT2D eigenvalue weighted by Crippen LogP contribution is 2.24. The van der Waals surface area contributed by atoms with Gasteiger partial charge in [0.2, 0.25) is 0 Å². The summed E-state index contributed by atoms with van der Waals surface area (Å²) >= 11 is 0. The fourth-order valence-electron chi connectivity index (χ4n) is 3.36. The minimum Gasteiger partial charge on any atom is -0.392 e. The first kappa shape index (κ1) is 18.0. The molecule has 0 amide bonds. The molecule has 1 aliphatic heterocycles. The first-order chi connectivity index (χ1) is 10.8. The van der Waals surface area contributed by atoms with Gasteiger partial charge in [-0.3, -0.25) is 4.90 Å². The van der Waals surface area contributed by atoms with Crippen LogP contribution >= 0.6 is 12.4 Å². The van der Waals surface area contributed by atoms with Crippen molar-refractivity contribution >= 4 is 12.4 Å². The van der Waals surface area contributed by atoms with E-state index in [0.29, 0.717) is 5.92 Å². The topological polar surface area (TPSA) is 23.5 Å².